The Morgan fingerprint density at radius 1 is 0.958 bits per heavy atom. The van der Waals surface area contributed by atoms with Gasteiger partial charge >= 0.3 is 0 Å². The molecule has 0 radical (unpaired) electrons. The number of amides is 2. The van der Waals surface area contributed by atoms with Crippen molar-refractivity contribution in [3.05, 3.63) is 54.1 Å². The van der Waals surface area contributed by atoms with Gasteiger partial charge in [0.15, 0.2) is 0 Å². The van der Waals surface area contributed by atoms with E-state index < -0.39 is 11.7 Å². The number of Topliss-reactive ketones (excluding diaryl/α,β-unsaturated/α-hetero) is 1. The number of hydrogen-bond donors (Lipinski definition) is 2. The number of ketones is 1. The SMILES string of the molecule is CCOc1ccc(NC(=O)C(=O)c2ccccc2NC(C)=O)cc1. The Hall–Kier alpha value is -3.15. The van der Waals surface area contributed by atoms with E-state index in [9.17, 15) is 14.4 Å². The first-order valence-electron chi connectivity index (χ1n) is 7.46. The van der Waals surface area contributed by atoms with Crippen LogP contribution >= 0.6 is 0 Å². The topological polar surface area (TPSA) is 84.5 Å². The van der Waals surface area contributed by atoms with Gasteiger partial charge in [-0.15, -0.1) is 0 Å². The summed E-state index contributed by atoms with van der Waals surface area (Å²) in [6, 6.07) is 13.1. The van der Waals surface area contributed by atoms with Gasteiger partial charge in [0.05, 0.1) is 17.9 Å². The van der Waals surface area contributed by atoms with Gasteiger partial charge in [-0.05, 0) is 43.3 Å². The molecule has 2 rings (SSSR count). The van der Waals surface area contributed by atoms with E-state index in [-0.39, 0.29) is 11.5 Å². The smallest absolute Gasteiger partial charge is 0.296 e. The van der Waals surface area contributed by atoms with Crippen LogP contribution in [0.15, 0.2) is 48.5 Å². The van der Waals surface area contributed by atoms with Crippen molar-refractivity contribution in [2.75, 3.05) is 17.2 Å². The highest BCUT2D eigenvalue weighted by Gasteiger charge is 2.20. The maximum atomic E-state index is 12.3. The Labute approximate surface area is 139 Å². The largest absolute Gasteiger partial charge is 0.494 e. The molecule has 6 heteroatoms. The van der Waals surface area contributed by atoms with Crippen molar-refractivity contribution in [2.24, 2.45) is 0 Å². The van der Waals surface area contributed by atoms with E-state index in [0.29, 0.717) is 23.7 Å². The number of anilines is 2. The highest BCUT2D eigenvalue weighted by Crippen LogP contribution is 2.18. The molecule has 0 fully saturated rings. The number of nitrogens with one attached hydrogen (secondary N) is 2. The van der Waals surface area contributed by atoms with Crippen LogP contribution in [0.2, 0.25) is 0 Å². The minimum absolute atomic E-state index is 0.135. The van der Waals surface area contributed by atoms with Gasteiger partial charge in [0, 0.05) is 12.6 Å². The van der Waals surface area contributed by atoms with E-state index in [0.717, 1.165) is 0 Å². The molecule has 0 aliphatic rings. The summed E-state index contributed by atoms with van der Waals surface area (Å²) >= 11 is 0. The molecule has 2 aromatic carbocycles. The van der Waals surface area contributed by atoms with Crippen molar-refractivity contribution in [1.29, 1.82) is 0 Å². The number of carbonyl (C=O) groups is 3. The number of benzene rings is 2. The summed E-state index contributed by atoms with van der Waals surface area (Å²) in [6.45, 7) is 3.76. The lowest BCUT2D eigenvalue weighted by Gasteiger charge is -2.10. The van der Waals surface area contributed by atoms with Crippen molar-refractivity contribution >= 4 is 29.0 Å². The summed E-state index contributed by atoms with van der Waals surface area (Å²) in [5, 5.41) is 5.07. The van der Waals surface area contributed by atoms with E-state index in [2.05, 4.69) is 10.6 Å². The number of carbonyl (C=O) groups excluding carboxylic acids is 3. The van der Waals surface area contributed by atoms with Crippen molar-refractivity contribution in [1.82, 2.24) is 0 Å². The fourth-order valence-corrected chi connectivity index (χ4v) is 2.09. The maximum Gasteiger partial charge on any atom is 0.296 e. The first-order chi connectivity index (χ1) is 11.5. The van der Waals surface area contributed by atoms with Crippen LogP contribution in [0.1, 0.15) is 24.2 Å². The third-order valence-electron chi connectivity index (χ3n) is 3.11. The zero-order valence-corrected chi connectivity index (χ0v) is 13.5. The standard InChI is InChI=1S/C18H18N2O4/c1-3-24-14-10-8-13(9-11-14)20-18(23)17(22)15-6-4-5-7-16(15)19-12(2)21/h4-11H,3H2,1-2H3,(H,19,21)(H,20,23). The molecule has 124 valence electrons. The van der Waals surface area contributed by atoms with Crippen LogP contribution < -0.4 is 15.4 Å². The van der Waals surface area contributed by atoms with Gasteiger partial charge in [-0.3, -0.25) is 14.4 Å². The summed E-state index contributed by atoms with van der Waals surface area (Å²) in [7, 11) is 0. The molecule has 0 heterocycles. The van der Waals surface area contributed by atoms with Gasteiger partial charge in [-0.1, -0.05) is 12.1 Å². The maximum absolute atomic E-state index is 12.3. The molecule has 0 aromatic heterocycles. The molecule has 0 aliphatic carbocycles. The van der Waals surface area contributed by atoms with E-state index in [1.165, 1.54) is 13.0 Å². The number of hydrogen-bond acceptors (Lipinski definition) is 4. The first kappa shape index (κ1) is 17.2. The van der Waals surface area contributed by atoms with Crippen molar-refractivity contribution in [3.63, 3.8) is 0 Å². The van der Waals surface area contributed by atoms with Crippen LogP contribution in [-0.2, 0) is 9.59 Å². The lowest BCUT2D eigenvalue weighted by atomic mass is 10.1. The van der Waals surface area contributed by atoms with Gasteiger partial charge in [0.1, 0.15) is 5.75 Å². The molecule has 2 amide bonds. The zero-order valence-electron chi connectivity index (χ0n) is 13.5. The molecular weight excluding hydrogens is 308 g/mol. The monoisotopic (exact) mass is 326 g/mol. The third kappa shape index (κ3) is 4.42. The minimum Gasteiger partial charge on any atom is -0.494 e. The van der Waals surface area contributed by atoms with Crippen molar-refractivity contribution < 1.29 is 19.1 Å². The summed E-state index contributed by atoms with van der Waals surface area (Å²) < 4.78 is 5.32. The molecule has 0 unspecified atom stereocenters. The van der Waals surface area contributed by atoms with Gasteiger partial charge in [-0.25, -0.2) is 0 Å². The Morgan fingerprint density at radius 3 is 2.25 bits per heavy atom. The van der Waals surface area contributed by atoms with Gasteiger partial charge in [-0.2, -0.15) is 0 Å². The Morgan fingerprint density at radius 2 is 1.62 bits per heavy atom. The van der Waals surface area contributed by atoms with E-state index >= 15 is 0 Å². The second kappa shape index (κ2) is 7.92. The van der Waals surface area contributed by atoms with E-state index in [4.69, 9.17) is 4.74 Å². The zero-order chi connectivity index (χ0) is 17.5. The predicted molar refractivity (Wildman–Crippen MR) is 91.3 cm³/mol. The normalized spacial score (nSPS) is 9.92. The number of para-hydroxylation sites is 1. The molecule has 0 saturated carbocycles. The fourth-order valence-electron chi connectivity index (χ4n) is 2.09. The highest BCUT2D eigenvalue weighted by molar-refractivity contribution is 6.47. The number of ether oxygens (including phenoxy) is 1. The molecule has 6 nitrogen and oxygen atoms in total. The second-order valence-electron chi connectivity index (χ2n) is 4.97. The average molecular weight is 326 g/mol. The second-order valence-corrected chi connectivity index (χ2v) is 4.97. The molecule has 2 aromatic rings. The van der Waals surface area contributed by atoms with Crippen molar-refractivity contribution in [2.45, 2.75) is 13.8 Å². The van der Waals surface area contributed by atoms with Gasteiger partial charge in [0.25, 0.3) is 11.7 Å². The molecular formula is C18H18N2O4. The van der Waals surface area contributed by atoms with Crippen LogP contribution in [-0.4, -0.2) is 24.2 Å². The van der Waals surface area contributed by atoms with Gasteiger partial charge in [0.2, 0.25) is 5.91 Å². The molecule has 0 bridgehead atoms. The van der Waals surface area contributed by atoms with Crippen LogP contribution in [0.3, 0.4) is 0 Å². The molecule has 0 saturated heterocycles. The van der Waals surface area contributed by atoms with E-state index in [1.54, 1.807) is 42.5 Å². The predicted octanol–water partition coefficient (Wildman–Crippen LogP) is 2.87. The summed E-state index contributed by atoms with van der Waals surface area (Å²) in [4.78, 5) is 35.7. The van der Waals surface area contributed by atoms with Crippen LogP contribution in [0.5, 0.6) is 5.75 Å². The average Bonchev–Trinajstić information content (AvgIpc) is 2.56. The Bertz CT molecular complexity index is 754. The van der Waals surface area contributed by atoms with E-state index in [1.807, 2.05) is 6.92 Å². The highest BCUT2D eigenvalue weighted by atomic mass is 16.5. The Balaban J connectivity index is 2.12. The molecule has 0 aliphatic heterocycles. The summed E-state index contributed by atoms with van der Waals surface area (Å²) in [5.41, 5.74) is 0.918. The summed E-state index contributed by atoms with van der Waals surface area (Å²) in [6.07, 6.45) is 0. The fraction of sp³-hybridized carbons (Fsp3) is 0.167. The Kier molecular flexibility index (Phi) is 5.68. The van der Waals surface area contributed by atoms with Crippen LogP contribution in [0.4, 0.5) is 11.4 Å². The third-order valence-corrected chi connectivity index (χ3v) is 3.11. The molecule has 0 atom stereocenters. The van der Waals surface area contributed by atoms with Crippen LogP contribution in [0.25, 0.3) is 0 Å². The first-order valence-corrected chi connectivity index (χ1v) is 7.46. The molecule has 24 heavy (non-hydrogen) atoms. The minimum atomic E-state index is -0.781. The lowest BCUT2D eigenvalue weighted by molar-refractivity contribution is -0.114. The van der Waals surface area contributed by atoms with Gasteiger partial charge < -0.3 is 15.4 Å². The van der Waals surface area contributed by atoms with Crippen molar-refractivity contribution in [3.8, 4) is 5.75 Å². The molecule has 0 spiro atoms. The number of rotatable bonds is 6. The summed E-state index contributed by atoms with van der Waals surface area (Å²) in [5.74, 6) is -1.15. The molecule has 2 N–H and O–H groups in total. The quantitative estimate of drug-likeness (QED) is 0.631. The lowest BCUT2D eigenvalue weighted by Crippen LogP contribution is -2.24. The van der Waals surface area contributed by atoms with Crippen LogP contribution in [0, 0.1) is 0 Å².